The van der Waals surface area contributed by atoms with Crippen LogP contribution in [0.25, 0.3) is 10.9 Å². The van der Waals surface area contributed by atoms with Crippen molar-refractivity contribution in [3.8, 4) is 0 Å². The van der Waals surface area contributed by atoms with Crippen LogP contribution >= 0.6 is 11.6 Å². The van der Waals surface area contributed by atoms with E-state index in [2.05, 4.69) is 4.98 Å². The maximum absolute atomic E-state index is 6.15. The minimum absolute atomic E-state index is 0.435. The summed E-state index contributed by atoms with van der Waals surface area (Å²) in [4.78, 5) is 4.35. The van der Waals surface area contributed by atoms with E-state index in [4.69, 9.17) is 25.8 Å². The quantitative estimate of drug-likeness (QED) is 0.554. The van der Waals surface area contributed by atoms with Gasteiger partial charge in [0.25, 0.3) is 0 Å². The molecule has 0 saturated heterocycles. The third kappa shape index (κ3) is 4.42. The van der Waals surface area contributed by atoms with Crippen molar-refractivity contribution in [3.05, 3.63) is 41.0 Å². The van der Waals surface area contributed by atoms with Gasteiger partial charge in [0.15, 0.2) is 0 Å². The van der Waals surface area contributed by atoms with Gasteiger partial charge < -0.3 is 14.2 Å². The van der Waals surface area contributed by atoms with Gasteiger partial charge in [-0.05, 0) is 12.1 Å². The maximum Gasteiger partial charge on any atom is 0.135 e. The number of hydrogen-bond acceptors (Lipinski definition) is 4. The lowest BCUT2D eigenvalue weighted by Gasteiger charge is -2.08. The molecule has 4 nitrogen and oxygen atoms in total. The van der Waals surface area contributed by atoms with Crippen LogP contribution in [-0.4, -0.2) is 38.5 Å². The van der Waals surface area contributed by atoms with Crippen LogP contribution in [-0.2, 0) is 20.8 Å². The largest absolute Gasteiger partial charge is 0.382 e. The lowest BCUT2D eigenvalue weighted by atomic mass is 10.2. The summed E-state index contributed by atoms with van der Waals surface area (Å²) >= 11 is 6.15. The minimum Gasteiger partial charge on any atom is -0.382 e. The van der Waals surface area contributed by atoms with E-state index in [0.29, 0.717) is 38.2 Å². The van der Waals surface area contributed by atoms with E-state index >= 15 is 0 Å². The van der Waals surface area contributed by atoms with E-state index in [9.17, 15) is 0 Å². The standard InChI is InChI=1S/C15H18ClNO3/c1-18-6-7-19-8-9-20-11-13-10-12-4-2-3-5-14(12)17-15(13)16/h2-5,10H,6-9,11H2,1H3. The SMILES string of the molecule is COCCOCCOCc1cc2ccccc2nc1Cl. The molecule has 2 aromatic rings. The summed E-state index contributed by atoms with van der Waals surface area (Å²) in [6.45, 7) is 2.68. The van der Waals surface area contributed by atoms with Gasteiger partial charge in [0.05, 0.1) is 38.6 Å². The predicted molar refractivity (Wildman–Crippen MR) is 79.1 cm³/mol. The molecule has 0 aliphatic rings. The van der Waals surface area contributed by atoms with E-state index in [1.165, 1.54) is 0 Å². The second-order valence-corrected chi connectivity index (χ2v) is 4.65. The van der Waals surface area contributed by atoms with Crippen LogP contribution in [0.4, 0.5) is 0 Å². The topological polar surface area (TPSA) is 40.6 Å². The predicted octanol–water partition coefficient (Wildman–Crippen LogP) is 3.07. The Morgan fingerprint density at radius 2 is 1.80 bits per heavy atom. The Kier molecular flexibility index (Phi) is 6.21. The summed E-state index contributed by atoms with van der Waals surface area (Å²) < 4.78 is 15.7. The molecule has 1 aromatic carbocycles. The third-order valence-corrected chi connectivity index (χ3v) is 3.14. The second kappa shape index (κ2) is 8.17. The zero-order chi connectivity index (χ0) is 14.2. The van der Waals surface area contributed by atoms with Crippen LogP contribution in [0.1, 0.15) is 5.56 Å². The smallest absolute Gasteiger partial charge is 0.135 e. The molecule has 0 fully saturated rings. The van der Waals surface area contributed by atoms with Crippen molar-refractivity contribution in [2.75, 3.05) is 33.5 Å². The van der Waals surface area contributed by atoms with Crippen LogP contribution in [0.15, 0.2) is 30.3 Å². The van der Waals surface area contributed by atoms with Crippen LogP contribution in [0.5, 0.6) is 0 Å². The van der Waals surface area contributed by atoms with E-state index in [1.54, 1.807) is 7.11 Å². The first-order valence-electron chi connectivity index (χ1n) is 6.50. The molecular formula is C15H18ClNO3. The number of methoxy groups -OCH3 is 1. The summed E-state index contributed by atoms with van der Waals surface area (Å²) in [6.07, 6.45) is 0. The molecule has 0 saturated carbocycles. The normalized spacial score (nSPS) is 11.1. The van der Waals surface area contributed by atoms with Crippen LogP contribution in [0.2, 0.25) is 5.15 Å². The molecule has 0 aliphatic heterocycles. The van der Waals surface area contributed by atoms with Gasteiger partial charge in [0.2, 0.25) is 0 Å². The monoisotopic (exact) mass is 295 g/mol. The molecule has 20 heavy (non-hydrogen) atoms. The maximum atomic E-state index is 6.15. The summed E-state index contributed by atoms with van der Waals surface area (Å²) in [5.74, 6) is 0. The highest BCUT2D eigenvalue weighted by atomic mass is 35.5. The highest BCUT2D eigenvalue weighted by Crippen LogP contribution is 2.20. The number of para-hydroxylation sites is 1. The molecule has 0 spiro atoms. The zero-order valence-corrected chi connectivity index (χ0v) is 12.2. The lowest BCUT2D eigenvalue weighted by molar-refractivity contribution is 0.0199. The molecule has 0 amide bonds. The highest BCUT2D eigenvalue weighted by Gasteiger charge is 2.04. The van der Waals surface area contributed by atoms with Crippen molar-refractivity contribution in [2.24, 2.45) is 0 Å². The van der Waals surface area contributed by atoms with E-state index in [0.717, 1.165) is 16.5 Å². The van der Waals surface area contributed by atoms with Gasteiger partial charge in [0, 0.05) is 18.1 Å². The molecule has 0 bridgehead atoms. The minimum atomic E-state index is 0.435. The van der Waals surface area contributed by atoms with Crippen molar-refractivity contribution in [1.82, 2.24) is 4.98 Å². The fourth-order valence-electron chi connectivity index (χ4n) is 1.78. The van der Waals surface area contributed by atoms with Gasteiger partial charge in [-0.1, -0.05) is 29.8 Å². The Morgan fingerprint density at radius 3 is 2.65 bits per heavy atom. The number of nitrogens with zero attached hydrogens (tertiary/aromatic N) is 1. The van der Waals surface area contributed by atoms with E-state index < -0.39 is 0 Å². The number of halogens is 1. The Labute approximate surface area is 123 Å². The number of rotatable bonds is 8. The number of fused-ring (bicyclic) bond motifs is 1. The van der Waals surface area contributed by atoms with Gasteiger partial charge in [-0.15, -0.1) is 0 Å². The number of hydrogen-bond donors (Lipinski definition) is 0. The second-order valence-electron chi connectivity index (χ2n) is 4.29. The van der Waals surface area contributed by atoms with Crippen LogP contribution in [0.3, 0.4) is 0 Å². The van der Waals surface area contributed by atoms with Gasteiger partial charge in [0.1, 0.15) is 5.15 Å². The van der Waals surface area contributed by atoms with Crippen molar-refractivity contribution in [1.29, 1.82) is 0 Å². The van der Waals surface area contributed by atoms with Gasteiger partial charge in [-0.25, -0.2) is 4.98 Å². The highest BCUT2D eigenvalue weighted by molar-refractivity contribution is 6.30. The molecule has 0 aliphatic carbocycles. The molecule has 5 heteroatoms. The number of benzene rings is 1. The lowest BCUT2D eigenvalue weighted by Crippen LogP contribution is -2.08. The van der Waals surface area contributed by atoms with Gasteiger partial charge >= 0.3 is 0 Å². The molecule has 1 aromatic heterocycles. The van der Waals surface area contributed by atoms with Crippen LogP contribution < -0.4 is 0 Å². The summed E-state index contributed by atoms with van der Waals surface area (Å²) in [6, 6.07) is 9.88. The molecular weight excluding hydrogens is 278 g/mol. The van der Waals surface area contributed by atoms with Crippen molar-refractivity contribution < 1.29 is 14.2 Å². The van der Waals surface area contributed by atoms with Crippen molar-refractivity contribution in [2.45, 2.75) is 6.61 Å². The van der Waals surface area contributed by atoms with E-state index in [-0.39, 0.29) is 0 Å². The van der Waals surface area contributed by atoms with E-state index in [1.807, 2.05) is 30.3 Å². The molecule has 1 heterocycles. The van der Waals surface area contributed by atoms with Crippen molar-refractivity contribution in [3.63, 3.8) is 0 Å². The number of ether oxygens (including phenoxy) is 3. The average molecular weight is 296 g/mol. The summed E-state index contributed by atoms with van der Waals surface area (Å²) in [5.41, 5.74) is 1.78. The zero-order valence-electron chi connectivity index (χ0n) is 11.5. The molecule has 2 rings (SSSR count). The molecule has 0 unspecified atom stereocenters. The average Bonchev–Trinajstić information content (AvgIpc) is 2.46. The van der Waals surface area contributed by atoms with Crippen LogP contribution in [0, 0.1) is 0 Å². The Bertz CT molecular complexity index is 548. The molecule has 108 valence electrons. The summed E-state index contributed by atoms with van der Waals surface area (Å²) in [5, 5.41) is 1.55. The first-order chi connectivity index (χ1) is 9.81. The molecule has 0 atom stereocenters. The molecule has 0 radical (unpaired) electrons. The summed E-state index contributed by atoms with van der Waals surface area (Å²) in [7, 11) is 1.65. The van der Waals surface area contributed by atoms with Gasteiger partial charge in [-0.2, -0.15) is 0 Å². The third-order valence-electron chi connectivity index (χ3n) is 2.81. The first-order valence-corrected chi connectivity index (χ1v) is 6.87. The number of aromatic nitrogens is 1. The fourth-order valence-corrected chi connectivity index (χ4v) is 1.98. The Balaban J connectivity index is 1.82. The number of pyridine rings is 1. The Hall–Kier alpha value is -1.20. The van der Waals surface area contributed by atoms with Crippen molar-refractivity contribution >= 4 is 22.5 Å². The molecule has 0 N–H and O–H groups in total. The first kappa shape index (κ1) is 15.2. The Morgan fingerprint density at radius 1 is 1.05 bits per heavy atom. The fraction of sp³-hybridized carbons (Fsp3) is 0.400. The van der Waals surface area contributed by atoms with Gasteiger partial charge in [-0.3, -0.25) is 0 Å².